The molecule has 1 N–H and O–H groups in total. The summed E-state index contributed by atoms with van der Waals surface area (Å²) in [6.45, 7) is 1.87. The second-order valence-electron chi connectivity index (χ2n) is 9.48. The number of fused-ring (bicyclic) bond motifs is 1. The minimum absolute atomic E-state index is 0.00679. The molecule has 1 aliphatic heterocycles. The molecule has 0 aromatic heterocycles. The Bertz CT molecular complexity index is 1280. The SMILES string of the molecule is CCC(=O)N1c2ccccc2NC2=C(C(=O)C[C@H](c3ccccc3)C2)[C@@H]1c1ccc(N(C)C)cc1. The smallest absolute Gasteiger partial charge is 0.227 e. The van der Waals surface area contributed by atoms with E-state index in [1.807, 2.05) is 85.4 Å². The van der Waals surface area contributed by atoms with Gasteiger partial charge in [0.25, 0.3) is 0 Å². The first-order valence-corrected chi connectivity index (χ1v) is 12.2. The zero-order chi connectivity index (χ0) is 24.5. The lowest BCUT2D eigenvalue weighted by molar-refractivity contribution is -0.119. The zero-order valence-electron chi connectivity index (χ0n) is 20.5. The molecule has 2 atom stereocenters. The number of ketones is 1. The fourth-order valence-electron chi connectivity index (χ4n) is 5.27. The minimum atomic E-state index is -0.478. The number of nitrogens with zero attached hydrogens (tertiary/aromatic N) is 2. The van der Waals surface area contributed by atoms with Gasteiger partial charge in [-0.2, -0.15) is 0 Å². The number of hydrogen-bond donors (Lipinski definition) is 1. The quantitative estimate of drug-likeness (QED) is 0.509. The second-order valence-corrected chi connectivity index (χ2v) is 9.48. The van der Waals surface area contributed by atoms with Gasteiger partial charge in [-0.25, -0.2) is 0 Å². The van der Waals surface area contributed by atoms with E-state index in [1.54, 1.807) is 0 Å². The third-order valence-corrected chi connectivity index (χ3v) is 7.06. The Morgan fingerprint density at radius 3 is 2.29 bits per heavy atom. The van der Waals surface area contributed by atoms with Crippen LogP contribution in [0.15, 0.2) is 90.1 Å². The van der Waals surface area contributed by atoms with Gasteiger partial charge in [0.1, 0.15) is 0 Å². The molecule has 178 valence electrons. The monoisotopic (exact) mass is 465 g/mol. The normalized spacial score (nSPS) is 19.4. The molecule has 1 amide bonds. The minimum Gasteiger partial charge on any atom is -0.378 e. The third-order valence-electron chi connectivity index (χ3n) is 7.06. The first kappa shape index (κ1) is 22.9. The fraction of sp³-hybridized carbons (Fsp3) is 0.267. The Labute approximate surface area is 207 Å². The van der Waals surface area contributed by atoms with Gasteiger partial charge in [-0.1, -0.05) is 61.5 Å². The summed E-state index contributed by atoms with van der Waals surface area (Å²) in [5.74, 6) is 0.191. The molecule has 1 aliphatic carbocycles. The number of carbonyl (C=O) groups excluding carboxylic acids is 2. The molecule has 5 heteroatoms. The summed E-state index contributed by atoms with van der Waals surface area (Å²) in [4.78, 5) is 31.2. The number of allylic oxidation sites excluding steroid dienone is 1. The summed E-state index contributed by atoms with van der Waals surface area (Å²) in [7, 11) is 4.01. The summed E-state index contributed by atoms with van der Waals surface area (Å²) >= 11 is 0. The van der Waals surface area contributed by atoms with Gasteiger partial charge in [-0.15, -0.1) is 0 Å². The molecule has 5 rings (SSSR count). The number of nitrogens with one attached hydrogen (secondary N) is 1. The summed E-state index contributed by atoms with van der Waals surface area (Å²) in [5.41, 5.74) is 6.45. The van der Waals surface area contributed by atoms with Gasteiger partial charge in [0.15, 0.2) is 5.78 Å². The van der Waals surface area contributed by atoms with Crippen LogP contribution in [0.1, 0.15) is 49.3 Å². The van der Waals surface area contributed by atoms with Crippen molar-refractivity contribution in [2.24, 2.45) is 0 Å². The van der Waals surface area contributed by atoms with E-state index in [0.717, 1.165) is 34.7 Å². The molecule has 2 aliphatic rings. The highest BCUT2D eigenvalue weighted by Crippen LogP contribution is 2.47. The van der Waals surface area contributed by atoms with Crippen molar-refractivity contribution >= 4 is 28.8 Å². The van der Waals surface area contributed by atoms with Crippen LogP contribution >= 0.6 is 0 Å². The van der Waals surface area contributed by atoms with Crippen LogP contribution in [0.5, 0.6) is 0 Å². The number of hydrogen-bond acceptors (Lipinski definition) is 4. The highest BCUT2D eigenvalue weighted by Gasteiger charge is 2.41. The Hall–Kier alpha value is -3.86. The Balaban J connectivity index is 1.70. The molecule has 3 aromatic rings. The average molecular weight is 466 g/mol. The number of carbonyl (C=O) groups is 2. The van der Waals surface area contributed by atoms with E-state index in [-0.39, 0.29) is 17.6 Å². The Morgan fingerprint density at radius 1 is 0.914 bits per heavy atom. The van der Waals surface area contributed by atoms with E-state index < -0.39 is 6.04 Å². The zero-order valence-corrected chi connectivity index (χ0v) is 20.5. The van der Waals surface area contributed by atoms with E-state index >= 15 is 0 Å². The van der Waals surface area contributed by atoms with Crippen molar-refractivity contribution in [1.82, 2.24) is 0 Å². The van der Waals surface area contributed by atoms with E-state index in [1.165, 1.54) is 5.56 Å². The summed E-state index contributed by atoms with van der Waals surface area (Å²) in [6.07, 6.45) is 1.51. The highest BCUT2D eigenvalue weighted by molar-refractivity contribution is 6.06. The van der Waals surface area contributed by atoms with Crippen LogP contribution in [0.3, 0.4) is 0 Å². The predicted octanol–water partition coefficient (Wildman–Crippen LogP) is 6.06. The van der Waals surface area contributed by atoms with Gasteiger partial charge in [-0.3, -0.25) is 14.5 Å². The maximum Gasteiger partial charge on any atom is 0.227 e. The van der Waals surface area contributed by atoms with Crippen LogP contribution in [0.4, 0.5) is 17.1 Å². The average Bonchev–Trinajstić information content (AvgIpc) is 3.03. The van der Waals surface area contributed by atoms with Crippen molar-refractivity contribution in [3.63, 3.8) is 0 Å². The van der Waals surface area contributed by atoms with Crippen molar-refractivity contribution in [3.8, 4) is 0 Å². The number of amides is 1. The van der Waals surface area contributed by atoms with Crippen LogP contribution in [-0.4, -0.2) is 25.8 Å². The topological polar surface area (TPSA) is 52.7 Å². The van der Waals surface area contributed by atoms with Gasteiger partial charge in [0.2, 0.25) is 5.91 Å². The lowest BCUT2D eigenvalue weighted by Crippen LogP contribution is -2.38. The second kappa shape index (κ2) is 9.41. The number of para-hydroxylation sites is 2. The fourth-order valence-corrected chi connectivity index (χ4v) is 5.27. The van der Waals surface area contributed by atoms with Crippen molar-refractivity contribution in [3.05, 3.63) is 101 Å². The van der Waals surface area contributed by atoms with Gasteiger partial charge in [0, 0.05) is 43.9 Å². The van der Waals surface area contributed by atoms with Gasteiger partial charge in [-0.05, 0) is 47.7 Å². The molecule has 0 saturated heterocycles. The molecule has 1 heterocycles. The molecule has 0 fully saturated rings. The lowest BCUT2D eigenvalue weighted by atomic mass is 9.78. The van der Waals surface area contributed by atoms with Crippen molar-refractivity contribution in [2.45, 2.75) is 38.1 Å². The lowest BCUT2D eigenvalue weighted by Gasteiger charge is -2.35. The molecule has 0 unspecified atom stereocenters. The Kier molecular flexibility index (Phi) is 6.16. The molecule has 35 heavy (non-hydrogen) atoms. The molecular weight excluding hydrogens is 434 g/mol. The standard InChI is InChI=1S/C30H31N3O2/c1-4-28(35)33-26-13-9-8-12-24(26)31-25-18-22(20-10-6-5-7-11-20)19-27(34)29(25)30(33)21-14-16-23(17-15-21)32(2)3/h5-17,22,30-31H,4,18-19H2,1-3H3/t22-,30+/m1/s1. The molecule has 3 aromatic carbocycles. The van der Waals surface area contributed by atoms with E-state index in [2.05, 4.69) is 29.6 Å². The maximum atomic E-state index is 13.9. The maximum absolute atomic E-state index is 13.9. The number of anilines is 3. The first-order chi connectivity index (χ1) is 17.0. The number of rotatable bonds is 4. The molecular formula is C30H31N3O2. The third kappa shape index (κ3) is 4.23. The van der Waals surface area contributed by atoms with Crippen molar-refractivity contribution < 1.29 is 9.59 Å². The number of Topliss-reactive ketones (excluding diaryl/α,β-unsaturated/α-hetero) is 1. The van der Waals surface area contributed by atoms with Crippen molar-refractivity contribution in [1.29, 1.82) is 0 Å². The first-order valence-electron chi connectivity index (χ1n) is 12.2. The van der Waals surface area contributed by atoms with E-state index in [9.17, 15) is 9.59 Å². The highest BCUT2D eigenvalue weighted by atomic mass is 16.2. The van der Waals surface area contributed by atoms with Crippen LogP contribution in [0.2, 0.25) is 0 Å². The summed E-state index contributed by atoms with van der Waals surface area (Å²) in [5, 5.41) is 3.59. The largest absolute Gasteiger partial charge is 0.378 e. The molecule has 5 nitrogen and oxygen atoms in total. The number of benzene rings is 3. The Morgan fingerprint density at radius 2 is 1.60 bits per heavy atom. The van der Waals surface area contributed by atoms with Crippen molar-refractivity contribution in [2.75, 3.05) is 29.2 Å². The predicted molar refractivity (Wildman–Crippen MR) is 142 cm³/mol. The van der Waals surface area contributed by atoms with Crippen LogP contribution in [0, 0.1) is 0 Å². The molecule has 0 spiro atoms. The van der Waals surface area contributed by atoms with E-state index in [4.69, 9.17) is 0 Å². The van der Waals surface area contributed by atoms with Crippen LogP contribution in [-0.2, 0) is 9.59 Å². The van der Waals surface area contributed by atoms with Gasteiger partial charge in [0.05, 0.1) is 17.4 Å². The molecule has 0 bridgehead atoms. The van der Waals surface area contributed by atoms with Crippen LogP contribution < -0.4 is 15.1 Å². The summed E-state index contributed by atoms with van der Waals surface area (Å²) < 4.78 is 0. The van der Waals surface area contributed by atoms with Gasteiger partial charge >= 0.3 is 0 Å². The molecule has 0 saturated carbocycles. The molecule has 0 radical (unpaired) electrons. The summed E-state index contributed by atoms with van der Waals surface area (Å²) in [6, 6.07) is 25.8. The van der Waals surface area contributed by atoms with E-state index in [0.29, 0.717) is 18.4 Å². The van der Waals surface area contributed by atoms with Crippen LogP contribution in [0.25, 0.3) is 0 Å². The van der Waals surface area contributed by atoms with Gasteiger partial charge < -0.3 is 10.2 Å².